The van der Waals surface area contributed by atoms with E-state index in [1.807, 2.05) is 12.1 Å². The number of hydrogen-bond acceptors (Lipinski definition) is 2. The smallest absolute Gasteiger partial charge is 0.123 e. The van der Waals surface area contributed by atoms with E-state index in [0.29, 0.717) is 0 Å². The van der Waals surface area contributed by atoms with Gasteiger partial charge in [-0.3, -0.25) is 0 Å². The minimum atomic E-state index is -0.170. The SMILES string of the molecule is CC1CCCC(CN)(CN(C)Cc2ccc(F)cc2)C1. The molecule has 3 heteroatoms. The molecule has 2 N–H and O–H groups in total. The number of hydrogen-bond donors (Lipinski definition) is 1. The van der Waals surface area contributed by atoms with Crippen molar-refractivity contribution in [3.05, 3.63) is 35.6 Å². The van der Waals surface area contributed by atoms with Crippen molar-refractivity contribution in [1.29, 1.82) is 0 Å². The van der Waals surface area contributed by atoms with Gasteiger partial charge in [-0.15, -0.1) is 0 Å². The summed E-state index contributed by atoms with van der Waals surface area (Å²) in [6.45, 7) is 5.00. The molecule has 112 valence electrons. The van der Waals surface area contributed by atoms with Crippen LogP contribution < -0.4 is 5.73 Å². The van der Waals surface area contributed by atoms with Crippen LogP contribution in [0, 0.1) is 17.2 Å². The minimum Gasteiger partial charge on any atom is -0.330 e. The first-order valence-corrected chi connectivity index (χ1v) is 7.66. The molecule has 2 rings (SSSR count). The Morgan fingerprint density at radius 2 is 2.05 bits per heavy atom. The van der Waals surface area contributed by atoms with Crippen molar-refractivity contribution >= 4 is 0 Å². The molecular weight excluding hydrogens is 251 g/mol. The van der Waals surface area contributed by atoms with Crippen LogP contribution in [0.1, 0.15) is 38.2 Å². The Kier molecular flexibility index (Phi) is 5.17. The molecule has 1 fully saturated rings. The zero-order valence-electron chi connectivity index (χ0n) is 12.7. The van der Waals surface area contributed by atoms with Crippen LogP contribution in [-0.2, 0) is 6.54 Å². The molecule has 0 radical (unpaired) electrons. The van der Waals surface area contributed by atoms with Gasteiger partial charge in [0.05, 0.1) is 0 Å². The Bertz CT molecular complexity index is 418. The average Bonchev–Trinajstić information content (AvgIpc) is 2.41. The molecule has 1 aromatic rings. The quantitative estimate of drug-likeness (QED) is 0.894. The molecule has 0 spiro atoms. The Labute approximate surface area is 122 Å². The number of benzene rings is 1. The van der Waals surface area contributed by atoms with E-state index >= 15 is 0 Å². The van der Waals surface area contributed by atoms with Gasteiger partial charge in [-0.2, -0.15) is 0 Å². The Balaban J connectivity index is 1.95. The van der Waals surface area contributed by atoms with E-state index < -0.39 is 0 Å². The van der Waals surface area contributed by atoms with E-state index in [4.69, 9.17) is 5.73 Å². The van der Waals surface area contributed by atoms with E-state index in [1.54, 1.807) is 0 Å². The first-order valence-electron chi connectivity index (χ1n) is 7.66. The maximum Gasteiger partial charge on any atom is 0.123 e. The van der Waals surface area contributed by atoms with Gasteiger partial charge in [0.25, 0.3) is 0 Å². The maximum absolute atomic E-state index is 12.9. The molecule has 1 saturated carbocycles. The lowest BCUT2D eigenvalue weighted by molar-refractivity contribution is 0.0981. The molecule has 2 nitrogen and oxygen atoms in total. The van der Waals surface area contributed by atoms with E-state index in [9.17, 15) is 4.39 Å². The zero-order chi connectivity index (χ0) is 14.6. The lowest BCUT2D eigenvalue weighted by Crippen LogP contribution is -2.44. The normalized spacial score (nSPS) is 26.9. The van der Waals surface area contributed by atoms with Gasteiger partial charge in [0.1, 0.15) is 5.82 Å². The highest BCUT2D eigenvalue weighted by molar-refractivity contribution is 5.15. The summed E-state index contributed by atoms with van der Waals surface area (Å²) < 4.78 is 12.9. The van der Waals surface area contributed by atoms with Crippen LogP contribution >= 0.6 is 0 Å². The number of halogens is 1. The second-order valence-corrected chi connectivity index (χ2v) is 6.70. The molecular formula is C17H27FN2. The third kappa shape index (κ3) is 4.03. The number of nitrogens with two attached hydrogens (primary N) is 1. The summed E-state index contributed by atoms with van der Waals surface area (Å²) in [6.07, 6.45) is 5.10. The predicted octanol–water partition coefficient (Wildman–Crippen LogP) is 3.41. The number of rotatable bonds is 5. The summed E-state index contributed by atoms with van der Waals surface area (Å²) >= 11 is 0. The third-order valence-corrected chi connectivity index (χ3v) is 4.59. The Hall–Kier alpha value is -0.930. The lowest BCUT2D eigenvalue weighted by Gasteiger charge is -2.41. The Morgan fingerprint density at radius 3 is 2.65 bits per heavy atom. The lowest BCUT2D eigenvalue weighted by atomic mass is 9.70. The van der Waals surface area contributed by atoms with Crippen LogP contribution in [-0.4, -0.2) is 25.0 Å². The van der Waals surface area contributed by atoms with E-state index in [0.717, 1.165) is 31.1 Å². The van der Waals surface area contributed by atoms with Crippen molar-refractivity contribution in [3.8, 4) is 0 Å². The molecule has 0 bridgehead atoms. The molecule has 20 heavy (non-hydrogen) atoms. The molecule has 0 heterocycles. The Morgan fingerprint density at radius 1 is 1.35 bits per heavy atom. The van der Waals surface area contributed by atoms with Crippen LogP contribution in [0.4, 0.5) is 4.39 Å². The van der Waals surface area contributed by atoms with Gasteiger partial charge in [0.2, 0.25) is 0 Å². The largest absolute Gasteiger partial charge is 0.330 e. The topological polar surface area (TPSA) is 29.3 Å². The van der Waals surface area contributed by atoms with Gasteiger partial charge in [-0.25, -0.2) is 4.39 Å². The second-order valence-electron chi connectivity index (χ2n) is 6.70. The van der Waals surface area contributed by atoms with Gasteiger partial charge < -0.3 is 10.6 Å². The highest BCUT2D eigenvalue weighted by Gasteiger charge is 2.34. The van der Waals surface area contributed by atoms with Crippen LogP contribution in [0.25, 0.3) is 0 Å². The van der Waals surface area contributed by atoms with Crippen molar-refractivity contribution in [2.45, 2.75) is 39.2 Å². The maximum atomic E-state index is 12.9. The molecule has 1 aliphatic rings. The van der Waals surface area contributed by atoms with Crippen LogP contribution in [0.2, 0.25) is 0 Å². The molecule has 0 aliphatic heterocycles. The number of nitrogens with zero attached hydrogens (tertiary/aromatic N) is 1. The molecule has 0 saturated heterocycles. The molecule has 1 aromatic carbocycles. The summed E-state index contributed by atoms with van der Waals surface area (Å²) in [5.41, 5.74) is 7.51. The summed E-state index contributed by atoms with van der Waals surface area (Å²) in [5.74, 6) is 0.613. The first-order chi connectivity index (χ1) is 9.53. The summed E-state index contributed by atoms with van der Waals surface area (Å²) in [4.78, 5) is 2.33. The van der Waals surface area contributed by atoms with Gasteiger partial charge in [0.15, 0.2) is 0 Å². The third-order valence-electron chi connectivity index (χ3n) is 4.59. The molecule has 1 aliphatic carbocycles. The van der Waals surface area contributed by atoms with Crippen molar-refractivity contribution in [2.75, 3.05) is 20.1 Å². The zero-order valence-corrected chi connectivity index (χ0v) is 12.7. The monoisotopic (exact) mass is 278 g/mol. The van der Waals surface area contributed by atoms with Crippen molar-refractivity contribution in [1.82, 2.24) is 4.90 Å². The molecule has 2 atom stereocenters. The van der Waals surface area contributed by atoms with Crippen molar-refractivity contribution in [3.63, 3.8) is 0 Å². The molecule has 2 unspecified atom stereocenters. The minimum absolute atomic E-state index is 0.170. The van der Waals surface area contributed by atoms with Crippen LogP contribution in [0.3, 0.4) is 0 Å². The van der Waals surface area contributed by atoms with Gasteiger partial charge in [-0.05, 0) is 55.5 Å². The van der Waals surface area contributed by atoms with Crippen molar-refractivity contribution < 1.29 is 4.39 Å². The highest BCUT2D eigenvalue weighted by Crippen LogP contribution is 2.39. The van der Waals surface area contributed by atoms with E-state index in [2.05, 4.69) is 18.9 Å². The van der Waals surface area contributed by atoms with Crippen LogP contribution in [0.5, 0.6) is 0 Å². The van der Waals surface area contributed by atoms with Crippen molar-refractivity contribution in [2.24, 2.45) is 17.1 Å². The fraction of sp³-hybridized carbons (Fsp3) is 0.647. The fourth-order valence-electron chi connectivity index (χ4n) is 3.69. The fourth-order valence-corrected chi connectivity index (χ4v) is 3.69. The van der Waals surface area contributed by atoms with E-state index in [-0.39, 0.29) is 11.2 Å². The summed E-state index contributed by atoms with van der Waals surface area (Å²) in [6, 6.07) is 6.80. The standard InChI is InChI=1S/C17H27FN2/c1-14-4-3-9-17(10-14,12-19)13-20(2)11-15-5-7-16(18)8-6-15/h5-8,14H,3-4,9-13,19H2,1-2H3. The van der Waals surface area contributed by atoms with E-state index in [1.165, 1.54) is 37.8 Å². The first kappa shape index (κ1) is 15.5. The molecule has 0 aromatic heterocycles. The van der Waals surface area contributed by atoms with Gasteiger partial charge >= 0.3 is 0 Å². The van der Waals surface area contributed by atoms with Gasteiger partial charge in [0, 0.05) is 13.1 Å². The molecule has 0 amide bonds. The summed E-state index contributed by atoms with van der Waals surface area (Å²) in [5, 5.41) is 0. The second kappa shape index (κ2) is 6.68. The highest BCUT2D eigenvalue weighted by atomic mass is 19.1. The summed E-state index contributed by atoms with van der Waals surface area (Å²) in [7, 11) is 2.14. The van der Waals surface area contributed by atoms with Crippen LogP contribution in [0.15, 0.2) is 24.3 Å². The average molecular weight is 278 g/mol. The van der Waals surface area contributed by atoms with Gasteiger partial charge in [-0.1, -0.05) is 31.9 Å². The predicted molar refractivity (Wildman–Crippen MR) is 81.9 cm³/mol.